The molecule has 0 spiro atoms. The van der Waals surface area contributed by atoms with Gasteiger partial charge in [0.15, 0.2) is 11.7 Å². The van der Waals surface area contributed by atoms with Crippen molar-refractivity contribution < 1.29 is 13.6 Å². The van der Waals surface area contributed by atoms with Crippen LogP contribution in [0, 0.1) is 5.92 Å². The van der Waals surface area contributed by atoms with Crippen LogP contribution in [-0.4, -0.2) is 16.9 Å². The van der Waals surface area contributed by atoms with Crippen LogP contribution in [0.15, 0.2) is 57.7 Å². The Labute approximate surface area is 172 Å². The van der Waals surface area contributed by atoms with Crippen molar-refractivity contribution in [3.05, 3.63) is 66.1 Å². The first kappa shape index (κ1) is 20.9. The predicted molar refractivity (Wildman–Crippen MR) is 113 cm³/mol. The Kier molecular flexibility index (Phi) is 7.28. The fourth-order valence-electron chi connectivity index (χ4n) is 3.29. The Hall–Kier alpha value is -2.82. The van der Waals surface area contributed by atoms with Gasteiger partial charge in [0.1, 0.15) is 5.76 Å². The smallest absolute Gasteiger partial charge is 0.220 e. The lowest BCUT2D eigenvalue weighted by molar-refractivity contribution is -0.121. The van der Waals surface area contributed by atoms with Gasteiger partial charge in [-0.25, -0.2) is 4.98 Å². The number of nitrogens with zero attached hydrogens (tertiary/aromatic N) is 1. The number of carbonyl (C=O) groups excluding carboxylic acids is 1. The van der Waals surface area contributed by atoms with Crippen molar-refractivity contribution in [1.29, 1.82) is 0 Å². The van der Waals surface area contributed by atoms with Crippen molar-refractivity contribution in [3.8, 4) is 11.3 Å². The highest BCUT2D eigenvalue weighted by atomic mass is 16.4. The number of amides is 1. The molecular weight excluding hydrogens is 364 g/mol. The van der Waals surface area contributed by atoms with E-state index < -0.39 is 0 Å². The normalized spacial score (nSPS) is 12.3. The lowest BCUT2D eigenvalue weighted by atomic mass is 10.0. The van der Waals surface area contributed by atoms with Gasteiger partial charge in [0.2, 0.25) is 5.91 Å². The molecule has 0 radical (unpaired) electrons. The summed E-state index contributed by atoms with van der Waals surface area (Å²) in [6.45, 7) is 6.44. The summed E-state index contributed by atoms with van der Waals surface area (Å²) in [4.78, 5) is 16.5. The maximum atomic E-state index is 12.2. The molecule has 1 aromatic carbocycles. The number of hydrogen-bond acceptors (Lipinski definition) is 4. The molecule has 0 aliphatic carbocycles. The average molecular weight is 395 g/mol. The molecule has 1 N–H and O–H groups in total. The van der Waals surface area contributed by atoms with E-state index >= 15 is 0 Å². The largest absolute Gasteiger partial charge is 0.469 e. The molecule has 0 bridgehead atoms. The molecule has 0 aliphatic rings. The Morgan fingerprint density at radius 1 is 1.10 bits per heavy atom. The molecule has 0 saturated heterocycles. The molecule has 2 heterocycles. The molecule has 2 aromatic heterocycles. The minimum absolute atomic E-state index is 0.00901. The first-order valence-corrected chi connectivity index (χ1v) is 10.4. The second kappa shape index (κ2) is 10.1. The van der Waals surface area contributed by atoms with E-state index in [1.807, 2.05) is 19.1 Å². The summed E-state index contributed by atoms with van der Waals surface area (Å²) in [5.74, 6) is 2.91. The standard InChI is InChI=1S/C24H30N2O3/c1-17(2)15-19-7-9-20(10-8-19)22-16-25-24(29-22)13-12-23(27)26-18(3)6-11-21-5-4-14-28-21/h4-5,7-10,14,16-18H,6,11-13,15H2,1-3H3,(H,26,27). The van der Waals surface area contributed by atoms with Crippen molar-refractivity contribution in [2.75, 3.05) is 0 Å². The van der Waals surface area contributed by atoms with Gasteiger partial charge in [-0.2, -0.15) is 0 Å². The number of carbonyl (C=O) groups is 1. The highest BCUT2D eigenvalue weighted by Crippen LogP contribution is 2.22. The zero-order valence-corrected chi connectivity index (χ0v) is 17.5. The molecular formula is C24H30N2O3. The topological polar surface area (TPSA) is 68.3 Å². The Bertz CT molecular complexity index is 879. The van der Waals surface area contributed by atoms with E-state index in [-0.39, 0.29) is 11.9 Å². The van der Waals surface area contributed by atoms with Gasteiger partial charge < -0.3 is 14.2 Å². The number of hydrogen-bond donors (Lipinski definition) is 1. The van der Waals surface area contributed by atoms with Gasteiger partial charge in [-0.3, -0.25) is 4.79 Å². The lowest BCUT2D eigenvalue weighted by Gasteiger charge is -2.12. The molecule has 0 fully saturated rings. The summed E-state index contributed by atoms with van der Waals surface area (Å²) in [7, 11) is 0. The quantitative estimate of drug-likeness (QED) is 0.513. The number of aryl methyl sites for hydroxylation is 2. The molecule has 154 valence electrons. The second-order valence-electron chi connectivity index (χ2n) is 8.00. The molecule has 5 nitrogen and oxygen atoms in total. The van der Waals surface area contributed by atoms with Crippen molar-refractivity contribution in [2.45, 2.75) is 58.9 Å². The third-order valence-electron chi connectivity index (χ3n) is 4.81. The molecule has 1 unspecified atom stereocenters. The highest BCUT2D eigenvalue weighted by molar-refractivity contribution is 5.76. The fraction of sp³-hybridized carbons (Fsp3) is 0.417. The summed E-state index contributed by atoms with van der Waals surface area (Å²) in [6.07, 6.45) is 6.97. The second-order valence-corrected chi connectivity index (χ2v) is 8.00. The third kappa shape index (κ3) is 6.63. The molecule has 3 aromatic rings. The number of furan rings is 1. The molecule has 1 atom stereocenters. The maximum Gasteiger partial charge on any atom is 0.220 e. The van der Waals surface area contributed by atoms with Crippen molar-refractivity contribution in [1.82, 2.24) is 10.3 Å². The first-order valence-electron chi connectivity index (χ1n) is 10.4. The van der Waals surface area contributed by atoms with Crippen LogP contribution in [0.2, 0.25) is 0 Å². The molecule has 29 heavy (non-hydrogen) atoms. The molecule has 3 rings (SSSR count). The molecule has 1 amide bonds. The SMILES string of the molecule is CC(C)Cc1ccc(-c2cnc(CCC(=O)NC(C)CCc3ccco3)o2)cc1. The lowest BCUT2D eigenvalue weighted by Crippen LogP contribution is -2.33. The summed E-state index contributed by atoms with van der Waals surface area (Å²) >= 11 is 0. The van der Waals surface area contributed by atoms with E-state index in [1.165, 1.54) is 5.56 Å². The van der Waals surface area contributed by atoms with Crippen LogP contribution >= 0.6 is 0 Å². The zero-order chi connectivity index (χ0) is 20.6. The number of benzene rings is 1. The van der Waals surface area contributed by atoms with Gasteiger partial charge >= 0.3 is 0 Å². The average Bonchev–Trinajstić information content (AvgIpc) is 3.37. The van der Waals surface area contributed by atoms with E-state index in [9.17, 15) is 4.79 Å². The van der Waals surface area contributed by atoms with E-state index in [2.05, 4.69) is 48.4 Å². The summed E-state index contributed by atoms with van der Waals surface area (Å²) in [6, 6.07) is 12.3. The summed E-state index contributed by atoms with van der Waals surface area (Å²) in [5.41, 5.74) is 2.33. The number of rotatable bonds is 10. The predicted octanol–water partition coefficient (Wildman–Crippen LogP) is 5.20. The third-order valence-corrected chi connectivity index (χ3v) is 4.81. The molecule has 0 aliphatic heterocycles. The van der Waals surface area contributed by atoms with E-state index in [0.29, 0.717) is 24.7 Å². The van der Waals surface area contributed by atoms with Gasteiger partial charge in [-0.15, -0.1) is 0 Å². The van der Waals surface area contributed by atoms with Crippen LogP contribution in [0.1, 0.15) is 50.8 Å². The van der Waals surface area contributed by atoms with Crippen molar-refractivity contribution in [3.63, 3.8) is 0 Å². The van der Waals surface area contributed by atoms with E-state index in [0.717, 1.165) is 36.3 Å². The molecule has 0 saturated carbocycles. The van der Waals surface area contributed by atoms with Crippen LogP contribution in [0.25, 0.3) is 11.3 Å². The first-order chi connectivity index (χ1) is 14.0. The summed E-state index contributed by atoms with van der Waals surface area (Å²) in [5, 5.41) is 3.02. The van der Waals surface area contributed by atoms with E-state index in [1.54, 1.807) is 12.5 Å². The maximum absolute atomic E-state index is 12.2. The Balaban J connectivity index is 1.44. The van der Waals surface area contributed by atoms with Gasteiger partial charge in [0.25, 0.3) is 0 Å². The Morgan fingerprint density at radius 2 is 1.90 bits per heavy atom. The zero-order valence-electron chi connectivity index (χ0n) is 17.5. The number of oxazole rings is 1. The minimum atomic E-state index is 0.00901. The van der Waals surface area contributed by atoms with Crippen molar-refractivity contribution >= 4 is 5.91 Å². The van der Waals surface area contributed by atoms with Gasteiger partial charge in [0, 0.05) is 30.9 Å². The summed E-state index contributed by atoms with van der Waals surface area (Å²) < 4.78 is 11.2. The van der Waals surface area contributed by atoms with Gasteiger partial charge in [-0.1, -0.05) is 38.1 Å². The fourth-order valence-corrected chi connectivity index (χ4v) is 3.29. The molecule has 5 heteroatoms. The Morgan fingerprint density at radius 3 is 2.59 bits per heavy atom. The highest BCUT2D eigenvalue weighted by Gasteiger charge is 2.12. The van der Waals surface area contributed by atoms with Crippen LogP contribution in [0.3, 0.4) is 0 Å². The minimum Gasteiger partial charge on any atom is -0.469 e. The van der Waals surface area contributed by atoms with E-state index in [4.69, 9.17) is 8.83 Å². The van der Waals surface area contributed by atoms with Crippen LogP contribution in [-0.2, 0) is 24.1 Å². The van der Waals surface area contributed by atoms with Crippen LogP contribution in [0.5, 0.6) is 0 Å². The number of nitrogens with one attached hydrogen (secondary N) is 1. The van der Waals surface area contributed by atoms with Gasteiger partial charge in [0.05, 0.1) is 12.5 Å². The number of aromatic nitrogens is 1. The van der Waals surface area contributed by atoms with Crippen LogP contribution in [0.4, 0.5) is 0 Å². The monoisotopic (exact) mass is 394 g/mol. The van der Waals surface area contributed by atoms with Crippen LogP contribution < -0.4 is 5.32 Å². The van der Waals surface area contributed by atoms with Gasteiger partial charge in [-0.05, 0) is 43.4 Å². The van der Waals surface area contributed by atoms with Crippen molar-refractivity contribution in [2.24, 2.45) is 5.92 Å².